The normalized spacial score (nSPS) is 12.3. The highest BCUT2D eigenvalue weighted by molar-refractivity contribution is 5.83. The minimum atomic E-state index is -0.430. The molecule has 6 nitrogen and oxygen atoms in total. The van der Waals surface area contributed by atoms with Gasteiger partial charge in [0.05, 0.1) is 17.5 Å². The first kappa shape index (κ1) is 16.3. The zero-order chi connectivity index (χ0) is 16.8. The second-order valence-electron chi connectivity index (χ2n) is 4.70. The Labute approximate surface area is 132 Å². The second-order valence-corrected chi connectivity index (χ2v) is 4.70. The maximum absolute atomic E-state index is 13.5. The predicted octanol–water partition coefficient (Wildman–Crippen LogP) is 2.20. The lowest BCUT2D eigenvalue weighted by Crippen LogP contribution is -2.08. The highest BCUT2D eigenvalue weighted by Crippen LogP contribution is 2.20. The molecule has 0 atom stereocenters. The van der Waals surface area contributed by atoms with Crippen molar-refractivity contribution in [3.8, 4) is 5.75 Å². The van der Waals surface area contributed by atoms with Gasteiger partial charge in [0.25, 0.3) is 0 Å². The van der Waals surface area contributed by atoms with Crippen LogP contribution in [0.1, 0.15) is 17.3 Å². The van der Waals surface area contributed by atoms with Crippen LogP contribution >= 0.6 is 0 Å². The van der Waals surface area contributed by atoms with Crippen molar-refractivity contribution in [2.24, 2.45) is 5.73 Å². The first-order valence-corrected chi connectivity index (χ1v) is 6.84. The topological polar surface area (TPSA) is 96.2 Å². The van der Waals surface area contributed by atoms with Crippen LogP contribution in [0.25, 0.3) is 5.70 Å². The molecule has 0 bridgehead atoms. The van der Waals surface area contributed by atoms with Gasteiger partial charge in [-0.3, -0.25) is 4.79 Å². The van der Waals surface area contributed by atoms with E-state index in [1.807, 2.05) is 0 Å². The average Bonchev–Trinajstić information content (AvgIpc) is 2.91. The lowest BCUT2D eigenvalue weighted by molar-refractivity contribution is 0.112. The van der Waals surface area contributed by atoms with E-state index in [1.54, 1.807) is 31.2 Å². The zero-order valence-electron chi connectivity index (χ0n) is 12.6. The zero-order valence-corrected chi connectivity index (χ0v) is 12.6. The molecule has 0 aliphatic heterocycles. The largest absolute Gasteiger partial charge is 0.486 e. The number of allylic oxidation sites excluding steroid dienone is 2. The fourth-order valence-corrected chi connectivity index (χ4v) is 1.95. The number of nitrogens with zero attached hydrogens (tertiary/aromatic N) is 2. The van der Waals surface area contributed by atoms with Crippen molar-refractivity contribution in [1.29, 1.82) is 0 Å². The number of anilines is 1. The van der Waals surface area contributed by atoms with Gasteiger partial charge in [0, 0.05) is 6.20 Å². The van der Waals surface area contributed by atoms with Gasteiger partial charge in [0.1, 0.15) is 12.4 Å². The fourth-order valence-electron chi connectivity index (χ4n) is 1.95. The Balaban J connectivity index is 2.13. The number of carbonyl (C=O) groups is 1. The van der Waals surface area contributed by atoms with Crippen LogP contribution in [0.3, 0.4) is 0 Å². The van der Waals surface area contributed by atoms with Crippen LogP contribution in [0, 0.1) is 5.82 Å². The quantitative estimate of drug-likeness (QED) is 0.629. The molecule has 0 amide bonds. The van der Waals surface area contributed by atoms with E-state index in [0.717, 1.165) is 5.57 Å². The van der Waals surface area contributed by atoms with Crippen LogP contribution in [0.2, 0.25) is 0 Å². The van der Waals surface area contributed by atoms with Crippen LogP contribution in [0.5, 0.6) is 5.75 Å². The molecule has 0 saturated heterocycles. The van der Waals surface area contributed by atoms with E-state index in [4.69, 9.17) is 16.2 Å². The van der Waals surface area contributed by atoms with Gasteiger partial charge in [0.15, 0.2) is 17.9 Å². The van der Waals surface area contributed by atoms with Crippen molar-refractivity contribution >= 4 is 17.8 Å². The molecular formula is C16H17FN4O2. The highest BCUT2D eigenvalue weighted by atomic mass is 19.1. The molecule has 0 saturated carbocycles. The molecule has 7 heteroatoms. The summed E-state index contributed by atoms with van der Waals surface area (Å²) in [7, 11) is 0. The highest BCUT2D eigenvalue weighted by Gasteiger charge is 2.11. The lowest BCUT2D eigenvalue weighted by Gasteiger charge is -2.10. The van der Waals surface area contributed by atoms with Crippen LogP contribution < -0.4 is 16.2 Å². The number of hydrogen-bond donors (Lipinski definition) is 2. The number of nitrogen functional groups attached to an aromatic ring is 1. The minimum absolute atomic E-state index is 0.145. The maximum Gasteiger partial charge on any atom is 0.165 e. The summed E-state index contributed by atoms with van der Waals surface area (Å²) in [6.07, 6.45) is 5.02. The number of nitrogens with two attached hydrogens (primary N) is 2. The Morgan fingerprint density at radius 2 is 2.17 bits per heavy atom. The number of aromatic nitrogens is 2. The van der Waals surface area contributed by atoms with E-state index in [0.29, 0.717) is 12.0 Å². The number of carbonyl (C=O) groups excluding carboxylic acids is 1. The summed E-state index contributed by atoms with van der Waals surface area (Å²) in [6.45, 7) is 1.93. The van der Waals surface area contributed by atoms with E-state index in [9.17, 15) is 9.18 Å². The van der Waals surface area contributed by atoms with Crippen LogP contribution in [-0.2, 0) is 0 Å². The monoisotopic (exact) mass is 316 g/mol. The Bertz CT molecular complexity index is 765. The second kappa shape index (κ2) is 7.26. The summed E-state index contributed by atoms with van der Waals surface area (Å²) in [5.41, 5.74) is 13.0. The predicted molar refractivity (Wildman–Crippen MR) is 86.1 cm³/mol. The summed E-state index contributed by atoms with van der Waals surface area (Å²) < 4.78 is 20.2. The van der Waals surface area contributed by atoms with Gasteiger partial charge < -0.3 is 16.2 Å². The number of ether oxygens (including phenoxy) is 1. The lowest BCUT2D eigenvalue weighted by atomic mass is 10.2. The van der Waals surface area contributed by atoms with Crippen molar-refractivity contribution in [3.63, 3.8) is 0 Å². The van der Waals surface area contributed by atoms with Crippen LogP contribution in [0.15, 0.2) is 48.3 Å². The molecule has 1 aromatic carbocycles. The van der Waals surface area contributed by atoms with Crippen molar-refractivity contribution in [3.05, 3.63) is 59.7 Å². The smallest absolute Gasteiger partial charge is 0.165 e. The Kier molecular flexibility index (Phi) is 5.14. The molecule has 1 aromatic heterocycles. The maximum atomic E-state index is 13.5. The molecule has 0 aliphatic carbocycles. The minimum Gasteiger partial charge on any atom is -0.486 e. The van der Waals surface area contributed by atoms with Gasteiger partial charge in [-0.25, -0.2) is 9.07 Å². The van der Waals surface area contributed by atoms with Crippen LogP contribution in [0.4, 0.5) is 10.2 Å². The van der Waals surface area contributed by atoms with Gasteiger partial charge in [-0.15, -0.1) is 0 Å². The van der Waals surface area contributed by atoms with E-state index in [1.165, 1.54) is 23.1 Å². The van der Waals surface area contributed by atoms with E-state index >= 15 is 0 Å². The Morgan fingerprint density at radius 3 is 2.78 bits per heavy atom. The molecule has 1 heterocycles. The number of benzene rings is 1. The van der Waals surface area contributed by atoms with Gasteiger partial charge in [-0.2, -0.15) is 5.10 Å². The Hall–Kier alpha value is -3.09. The summed E-state index contributed by atoms with van der Waals surface area (Å²) in [6, 6.07) is 6.14. The third-order valence-electron chi connectivity index (χ3n) is 3.22. The number of halogens is 1. The van der Waals surface area contributed by atoms with Gasteiger partial charge in [-0.05, 0) is 30.7 Å². The first-order chi connectivity index (χ1) is 11.1. The number of para-hydroxylation sites is 1. The molecule has 0 unspecified atom stereocenters. The number of aldehydes is 1. The van der Waals surface area contributed by atoms with Crippen molar-refractivity contribution in [1.82, 2.24) is 9.78 Å². The SMILES string of the molecule is CC(=C/COc1ccccc1F)/C(=C\N)n1ncc(C=O)c1N. The van der Waals surface area contributed by atoms with Gasteiger partial charge >= 0.3 is 0 Å². The molecule has 23 heavy (non-hydrogen) atoms. The fraction of sp³-hybridized carbons (Fsp3) is 0.125. The molecule has 2 rings (SSSR count). The standard InChI is InChI=1S/C16H17FN4O2/c1-11(6-7-23-15-5-3-2-4-13(15)17)14(8-18)21-16(19)12(10-22)9-20-21/h2-6,8-10H,7,18-19H2,1H3/b11-6-,14-8+. The molecule has 2 aromatic rings. The molecule has 0 radical (unpaired) electrons. The summed E-state index contributed by atoms with van der Waals surface area (Å²) >= 11 is 0. The molecule has 120 valence electrons. The van der Waals surface area contributed by atoms with Crippen molar-refractivity contribution in [2.75, 3.05) is 12.3 Å². The average molecular weight is 316 g/mol. The molecule has 0 aliphatic rings. The summed E-state index contributed by atoms with van der Waals surface area (Å²) in [5, 5.41) is 4.03. The molecule has 0 spiro atoms. The van der Waals surface area contributed by atoms with E-state index < -0.39 is 5.82 Å². The third kappa shape index (κ3) is 3.57. The van der Waals surface area contributed by atoms with Gasteiger partial charge in [-0.1, -0.05) is 12.1 Å². The summed E-state index contributed by atoms with van der Waals surface area (Å²) in [4.78, 5) is 10.8. The molecular weight excluding hydrogens is 299 g/mol. The van der Waals surface area contributed by atoms with Crippen molar-refractivity contribution in [2.45, 2.75) is 6.92 Å². The molecule has 4 N–H and O–H groups in total. The van der Waals surface area contributed by atoms with E-state index in [2.05, 4.69) is 5.10 Å². The van der Waals surface area contributed by atoms with E-state index in [-0.39, 0.29) is 23.7 Å². The van der Waals surface area contributed by atoms with Crippen molar-refractivity contribution < 1.29 is 13.9 Å². The molecule has 0 fully saturated rings. The summed E-state index contributed by atoms with van der Waals surface area (Å²) in [5.74, 6) is -0.0729. The Morgan fingerprint density at radius 1 is 1.43 bits per heavy atom. The van der Waals surface area contributed by atoms with Crippen LogP contribution in [-0.4, -0.2) is 22.7 Å². The number of rotatable bonds is 6. The third-order valence-corrected chi connectivity index (χ3v) is 3.22. The van der Waals surface area contributed by atoms with Gasteiger partial charge in [0.2, 0.25) is 0 Å². The number of hydrogen-bond acceptors (Lipinski definition) is 5. The first-order valence-electron chi connectivity index (χ1n) is 6.84.